The number of benzene rings is 1. The van der Waals surface area contributed by atoms with Crippen LogP contribution in [-0.2, 0) is 19.6 Å². The van der Waals surface area contributed by atoms with Gasteiger partial charge in [0.2, 0.25) is 21.8 Å². The van der Waals surface area contributed by atoms with E-state index in [1.807, 2.05) is 13.8 Å². The third kappa shape index (κ3) is 7.39. The first-order chi connectivity index (χ1) is 16.0. The SMILES string of the molecule is CC(C)C[C@H](NC(=O)CC1C[C@@H]2CC[C@H]1C2)C(=O)NCCCNS(=O)(=O)c1ccc(F)cc1Cl. The summed E-state index contributed by atoms with van der Waals surface area (Å²) in [5, 5.41) is 5.52. The number of carbonyl (C=O) groups is 2. The Morgan fingerprint density at radius 1 is 1.18 bits per heavy atom. The second-order valence-electron chi connectivity index (χ2n) is 10.0. The van der Waals surface area contributed by atoms with Crippen molar-refractivity contribution in [2.24, 2.45) is 23.7 Å². The molecule has 34 heavy (non-hydrogen) atoms. The van der Waals surface area contributed by atoms with E-state index < -0.39 is 21.9 Å². The van der Waals surface area contributed by atoms with Gasteiger partial charge in [0.05, 0.1) is 5.02 Å². The molecule has 0 heterocycles. The van der Waals surface area contributed by atoms with E-state index in [0.717, 1.165) is 30.5 Å². The van der Waals surface area contributed by atoms with Gasteiger partial charge in [-0.25, -0.2) is 17.5 Å². The molecule has 0 aliphatic heterocycles. The molecule has 3 rings (SSSR count). The van der Waals surface area contributed by atoms with E-state index in [2.05, 4.69) is 15.4 Å². The molecule has 0 saturated heterocycles. The van der Waals surface area contributed by atoms with E-state index in [-0.39, 0.29) is 40.7 Å². The van der Waals surface area contributed by atoms with E-state index in [1.54, 1.807) is 0 Å². The average Bonchev–Trinajstić information content (AvgIpc) is 3.35. The molecular formula is C24H35ClFN3O4S. The number of hydrogen-bond donors (Lipinski definition) is 3. The molecule has 1 unspecified atom stereocenters. The zero-order valence-electron chi connectivity index (χ0n) is 19.8. The monoisotopic (exact) mass is 515 g/mol. The zero-order valence-corrected chi connectivity index (χ0v) is 21.4. The summed E-state index contributed by atoms with van der Waals surface area (Å²) in [6.07, 6.45) is 6.23. The van der Waals surface area contributed by atoms with E-state index in [4.69, 9.17) is 11.6 Å². The van der Waals surface area contributed by atoms with E-state index in [1.165, 1.54) is 19.3 Å². The molecular weight excluding hydrogens is 481 g/mol. The molecule has 0 aromatic heterocycles. The highest BCUT2D eigenvalue weighted by atomic mass is 35.5. The van der Waals surface area contributed by atoms with Crippen LogP contribution >= 0.6 is 11.6 Å². The van der Waals surface area contributed by atoms with Gasteiger partial charge in [-0.3, -0.25) is 9.59 Å². The lowest BCUT2D eigenvalue weighted by atomic mass is 9.86. The maximum atomic E-state index is 13.2. The van der Waals surface area contributed by atoms with Crippen LogP contribution in [0.2, 0.25) is 5.02 Å². The molecule has 2 aliphatic rings. The standard InChI is InChI=1S/C24H35ClFN3O4S/c1-15(2)10-21(29-23(30)13-18-12-16-4-5-17(18)11-16)24(31)27-8-3-9-28-34(32,33)22-7-6-19(26)14-20(22)25/h6-7,14-18,21,28H,3-5,8-13H2,1-2H3,(H,27,31)(H,29,30)/t16-,17+,18?,21+/m1/s1. The van der Waals surface area contributed by atoms with Gasteiger partial charge < -0.3 is 10.6 Å². The van der Waals surface area contributed by atoms with Crippen LogP contribution in [0, 0.1) is 29.5 Å². The first-order valence-electron chi connectivity index (χ1n) is 12.1. The Morgan fingerprint density at radius 3 is 2.56 bits per heavy atom. The van der Waals surface area contributed by atoms with Crippen molar-refractivity contribution < 1.29 is 22.4 Å². The van der Waals surface area contributed by atoms with Crippen LogP contribution < -0.4 is 15.4 Å². The summed E-state index contributed by atoms with van der Waals surface area (Å²) in [6.45, 7) is 4.31. The molecule has 0 radical (unpaired) electrons. The molecule has 4 atom stereocenters. The van der Waals surface area contributed by atoms with Crippen molar-refractivity contribution >= 4 is 33.4 Å². The first-order valence-corrected chi connectivity index (χ1v) is 13.9. The highest BCUT2D eigenvalue weighted by Crippen LogP contribution is 2.49. The fraction of sp³-hybridized carbons (Fsp3) is 0.667. The van der Waals surface area contributed by atoms with Gasteiger partial charge in [-0.1, -0.05) is 31.9 Å². The molecule has 2 fully saturated rings. The smallest absolute Gasteiger partial charge is 0.242 e. The van der Waals surface area contributed by atoms with E-state index in [0.29, 0.717) is 31.1 Å². The van der Waals surface area contributed by atoms with Gasteiger partial charge in [-0.05, 0) is 74.0 Å². The summed E-state index contributed by atoms with van der Waals surface area (Å²) < 4.78 is 40.3. The van der Waals surface area contributed by atoms with Crippen molar-refractivity contribution in [2.45, 2.75) is 69.7 Å². The summed E-state index contributed by atoms with van der Waals surface area (Å²) in [4.78, 5) is 25.2. The molecule has 190 valence electrons. The van der Waals surface area contributed by atoms with Crippen LogP contribution in [0.1, 0.15) is 58.8 Å². The molecule has 3 N–H and O–H groups in total. The maximum Gasteiger partial charge on any atom is 0.242 e. The van der Waals surface area contributed by atoms with Gasteiger partial charge in [0.15, 0.2) is 0 Å². The lowest BCUT2D eigenvalue weighted by molar-refractivity contribution is -0.130. The Bertz CT molecular complexity index is 988. The number of halogens is 2. The van der Waals surface area contributed by atoms with Crippen LogP contribution in [0.25, 0.3) is 0 Å². The van der Waals surface area contributed by atoms with E-state index >= 15 is 0 Å². The van der Waals surface area contributed by atoms with Crippen LogP contribution in [0.5, 0.6) is 0 Å². The quantitative estimate of drug-likeness (QED) is 0.370. The summed E-state index contributed by atoms with van der Waals surface area (Å²) >= 11 is 5.83. The lowest BCUT2D eigenvalue weighted by Crippen LogP contribution is -2.48. The number of carbonyl (C=O) groups excluding carboxylic acids is 2. The Morgan fingerprint density at radius 2 is 1.94 bits per heavy atom. The van der Waals surface area contributed by atoms with Crippen LogP contribution in [0.15, 0.2) is 23.1 Å². The van der Waals surface area contributed by atoms with Crippen LogP contribution in [0.4, 0.5) is 4.39 Å². The molecule has 10 heteroatoms. The number of hydrogen-bond acceptors (Lipinski definition) is 4. The van der Waals surface area contributed by atoms with Gasteiger partial charge in [-0.15, -0.1) is 0 Å². The van der Waals surface area contributed by atoms with Crippen molar-refractivity contribution in [2.75, 3.05) is 13.1 Å². The minimum Gasteiger partial charge on any atom is -0.354 e. The predicted octanol–water partition coefficient (Wildman–Crippen LogP) is 3.62. The van der Waals surface area contributed by atoms with E-state index in [9.17, 15) is 22.4 Å². The average molecular weight is 516 g/mol. The second-order valence-corrected chi connectivity index (χ2v) is 12.1. The largest absolute Gasteiger partial charge is 0.354 e. The number of sulfonamides is 1. The Balaban J connectivity index is 1.42. The second kappa shape index (κ2) is 11.8. The fourth-order valence-electron chi connectivity index (χ4n) is 5.22. The molecule has 1 aromatic carbocycles. The number of fused-ring (bicyclic) bond motifs is 2. The van der Waals surface area contributed by atoms with Gasteiger partial charge in [0.25, 0.3) is 0 Å². The molecule has 2 aliphatic carbocycles. The maximum absolute atomic E-state index is 13.2. The Hall–Kier alpha value is -1.71. The summed E-state index contributed by atoms with van der Waals surface area (Å²) in [5.74, 6) is 1.14. The predicted molar refractivity (Wildman–Crippen MR) is 129 cm³/mol. The van der Waals surface area contributed by atoms with Gasteiger partial charge in [-0.2, -0.15) is 0 Å². The van der Waals surface area contributed by atoms with Crippen molar-refractivity contribution in [3.8, 4) is 0 Å². The minimum absolute atomic E-state index is 0.0673. The highest BCUT2D eigenvalue weighted by molar-refractivity contribution is 7.89. The van der Waals surface area contributed by atoms with Crippen LogP contribution in [0.3, 0.4) is 0 Å². The molecule has 2 bridgehead atoms. The number of amides is 2. The third-order valence-electron chi connectivity index (χ3n) is 6.82. The van der Waals surface area contributed by atoms with Gasteiger partial charge in [0.1, 0.15) is 16.8 Å². The molecule has 0 spiro atoms. The summed E-state index contributed by atoms with van der Waals surface area (Å²) in [5.41, 5.74) is 0. The molecule has 1 aromatic rings. The topological polar surface area (TPSA) is 104 Å². The van der Waals surface area contributed by atoms with Gasteiger partial charge >= 0.3 is 0 Å². The zero-order chi connectivity index (χ0) is 24.9. The number of nitrogens with one attached hydrogen (secondary N) is 3. The Labute approximate surface area is 206 Å². The van der Waals surface area contributed by atoms with Gasteiger partial charge in [0, 0.05) is 19.5 Å². The fourth-order valence-corrected chi connectivity index (χ4v) is 6.82. The first kappa shape index (κ1) is 26.9. The van der Waals surface area contributed by atoms with Crippen molar-refractivity contribution in [1.82, 2.24) is 15.4 Å². The lowest BCUT2D eigenvalue weighted by Gasteiger charge is -2.24. The van der Waals surface area contributed by atoms with Crippen molar-refractivity contribution in [1.29, 1.82) is 0 Å². The summed E-state index contributed by atoms with van der Waals surface area (Å²) in [7, 11) is -3.89. The van der Waals surface area contributed by atoms with Crippen molar-refractivity contribution in [3.05, 3.63) is 29.0 Å². The molecule has 7 nitrogen and oxygen atoms in total. The Kier molecular flexibility index (Phi) is 9.34. The van der Waals surface area contributed by atoms with Crippen molar-refractivity contribution in [3.63, 3.8) is 0 Å². The highest BCUT2D eigenvalue weighted by Gasteiger charge is 2.40. The number of rotatable bonds is 12. The van der Waals surface area contributed by atoms with Crippen LogP contribution in [-0.4, -0.2) is 39.4 Å². The third-order valence-corrected chi connectivity index (χ3v) is 8.76. The molecule has 2 saturated carbocycles. The minimum atomic E-state index is -3.89. The molecule has 2 amide bonds. The normalized spacial score (nSPS) is 22.7. The summed E-state index contributed by atoms with van der Waals surface area (Å²) in [6, 6.07) is 2.47.